The summed E-state index contributed by atoms with van der Waals surface area (Å²) in [5.41, 5.74) is 3.37. The van der Waals surface area contributed by atoms with Crippen LogP contribution in [-0.4, -0.2) is 44.9 Å². The Morgan fingerprint density at radius 1 is 1.35 bits per heavy atom. The second-order valence-corrected chi connectivity index (χ2v) is 7.67. The predicted molar refractivity (Wildman–Crippen MR) is 89.2 cm³/mol. The molecule has 23 heavy (non-hydrogen) atoms. The minimum Gasteiger partial charge on any atom is -0.396 e. The summed E-state index contributed by atoms with van der Waals surface area (Å²) >= 11 is 0. The van der Waals surface area contributed by atoms with E-state index in [4.69, 9.17) is 0 Å². The summed E-state index contributed by atoms with van der Waals surface area (Å²) in [7, 11) is 0. The number of aliphatic hydroxyl groups excluding tert-OH is 1. The van der Waals surface area contributed by atoms with Crippen molar-refractivity contribution in [1.29, 1.82) is 0 Å². The lowest BCUT2D eigenvalue weighted by Gasteiger charge is -2.63. The van der Waals surface area contributed by atoms with E-state index in [1.807, 2.05) is 0 Å². The van der Waals surface area contributed by atoms with Crippen LogP contribution in [0.3, 0.4) is 0 Å². The van der Waals surface area contributed by atoms with Crippen molar-refractivity contribution in [2.75, 3.05) is 13.2 Å². The normalized spacial score (nSPS) is 41.3. The van der Waals surface area contributed by atoms with E-state index in [-0.39, 0.29) is 18.4 Å². The molecule has 1 aromatic heterocycles. The molecule has 0 saturated carbocycles. The molecule has 2 unspecified atom stereocenters. The SMILES string of the molecule is CC[C@@]1(O)CN2C3Cc4c([nH]c5ccccc45)[C@@H]2C[C@@H]1[C@@H]3CO. The Bertz CT molecular complexity index is 770. The van der Waals surface area contributed by atoms with Crippen molar-refractivity contribution in [1.82, 2.24) is 9.88 Å². The van der Waals surface area contributed by atoms with Crippen LogP contribution in [0.1, 0.15) is 37.1 Å². The first-order chi connectivity index (χ1) is 11.2. The summed E-state index contributed by atoms with van der Waals surface area (Å²) in [6, 6.07) is 9.27. The van der Waals surface area contributed by atoms with Crippen LogP contribution in [0, 0.1) is 11.8 Å². The highest BCUT2D eigenvalue weighted by molar-refractivity contribution is 5.85. The van der Waals surface area contributed by atoms with Crippen LogP contribution >= 0.6 is 0 Å². The predicted octanol–water partition coefficient (Wildman–Crippen LogP) is 2.22. The molecule has 4 heteroatoms. The fraction of sp³-hybridized carbons (Fsp3) is 0.579. The Hall–Kier alpha value is -1.36. The zero-order valence-corrected chi connectivity index (χ0v) is 13.5. The zero-order valence-electron chi connectivity index (χ0n) is 13.5. The number of rotatable bonds is 2. The van der Waals surface area contributed by atoms with Gasteiger partial charge in [-0.1, -0.05) is 25.1 Å². The third kappa shape index (κ3) is 1.66. The molecular weight excluding hydrogens is 288 g/mol. The first kappa shape index (κ1) is 14.0. The van der Waals surface area contributed by atoms with Crippen LogP contribution in [0.4, 0.5) is 0 Å². The Morgan fingerprint density at radius 3 is 2.96 bits per heavy atom. The molecule has 3 fully saturated rings. The molecule has 4 aliphatic rings. The highest BCUT2D eigenvalue weighted by atomic mass is 16.3. The van der Waals surface area contributed by atoms with Crippen molar-refractivity contribution >= 4 is 10.9 Å². The van der Waals surface area contributed by atoms with Gasteiger partial charge >= 0.3 is 0 Å². The van der Waals surface area contributed by atoms with Gasteiger partial charge in [-0.3, -0.25) is 4.90 Å². The van der Waals surface area contributed by atoms with E-state index in [1.54, 1.807) is 0 Å². The van der Waals surface area contributed by atoms with Gasteiger partial charge in [-0.05, 0) is 36.8 Å². The Morgan fingerprint density at radius 2 is 2.17 bits per heavy atom. The summed E-state index contributed by atoms with van der Waals surface area (Å²) in [6.45, 7) is 2.99. The van der Waals surface area contributed by atoms with Crippen molar-refractivity contribution in [2.24, 2.45) is 11.8 Å². The minimum absolute atomic E-state index is 0.179. The number of para-hydroxylation sites is 1. The maximum Gasteiger partial charge on any atom is 0.0804 e. The Balaban J connectivity index is 1.66. The van der Waals surface area contributed by atoms with Gasteiger partial charge in [0.25, 0.3) is 0 Å². The van der Waals surface area contributed by atoms with Gasteiger partial charge in [0.15, 0.2) is 0 Å². The third-order valence-corrected chi connectivity index (χ3v) is 6.88. The van der Waals surface area contributed by atoms with Crippen molar-refractivity contribution < 1.29 is 10.2 Å². The lowest BCUT2D eigenvalue weighted by atomic mass is 9.59. The van der Waals surface area contributed by atoms with Crippen molar-refractivity contribution in [3.05, 3.63) is 35.5 Å². The van der Waals surface area contributed by atoms with Gasteiger partial charge in [0.1, 0.15) is 0 Å². The molecular formula is C19H24N2O2. The van der Waals surface area contributed by atoms with E-state index in [1.165, 1.54) is 22.2 Å². The monoisotopic (exact) mass is 312 g/mol. The van der Waals surface area contributed by atoms with Crippen LogP contribution in [0.2, 0.25) is 0 Å². The van der Waals surface area contributed by atoms with Gasteiger partial charge in [0.05, 0.1) is 11.6 Å². The maximum absolute atomic E-state index is 11.1. The van der Waals surface area contributed by atoms with E-state index >= 15 is 0 Å². The number of aromatic amines is 1. The van der Waals surface area contributed by atoms with Gasteiger partial charge < -0.3 is 15.2 Å². The maximum atomic E-state index is 11.1. The molecule has 4 bridgehead atoms. The fourth-order valence-electron chi connectivity index (χ4n) is 5.68. The van der Waals surface area contributed by atoms with Crippen LogP contribution in [0.15, 0.2) is 24.3 Å². The van der Waals surface area contributed by atoms with Gasteiger partial charge in [-0.15, -0.1) is 0 Å². The van der Waals surface area contributed by atoms with E-state index in [2.05, 4.69) is 41.1 Å². The van der Waals surface area contributed by atoms with Gasteiger partial charge in [-0.2, -0.15) is 0 Å². The molecule has 0 aliphatic carbocycles. The third-order valence-electron chi connectivity index (χ3n) is 6.88. The first-order valence-electron chi connectivity index (χ1n) is 8.84. The van der Waals surface area contributed by atoms with Crippen LogP contribution in [0.25, 0.3) is 10.9 Å². The Kier molecular flexibility index (Phi) is 2.80. The summed E-state index contributed by atoms with van der Waals surface area (Å²) < 4.78 is 0. The second-order valence-electron chi connectivity index (χ2n) is 7.67. The molecule has 1 aromatic carbocycles. The van der Waals surface area contributed by atoms with Crippen molar-refractivity contribution in [3.63, 3.8) is 0 Å². The number of hydrogen-bond acceptors (Lipinski definition) is 3. The molecule has 4 nitrogen and oxygen atoms in total. The number of benzene rings is 1. The molecule has 4 aliphatic heterocycles. The summed E-state index contributed by atoms with van der Waals surface area (Å²) in [5.74, 6) is 0.392. The Labute approximate surface area is 136 Å². The number of piperidine rings is 3. The second kappa shape index (κ2) is 4.59. The molecule has 3 saturated heterocycles. The highest BCUT2D eigenvalue weighted by Crippen LogP contribution is 2.55. The average molecular weight is 312 g/mol. The molecule has 2 aromatic rings. The quantitative estimate of drug-likeness (QED) is 0.797. The van der Waals surface area contributed by atoms with E-state index in [0.29, 0.717) is 12.1 Å². The van der Waals surface area contributed by atoms with Crippen LogP contribution < -0.4 is 0 Å². The molecule has 0 spiro atoms. The lowest BCUT2D eigenvalue weighted by molar-refractivity contribution is -0.199. The number of aliphatic hydroxyl groups is 2. The summed E-state index contributed by atoms with van der Waals surface area (Å²) in [5, 5.41) is 22.4. The molecule has 0 radical (unpaired) electrons. The van der Waals surface area contributed by atoms with Crippen LogP contribution in [0.5, 0.6) is 0 Å². The van der Waals surface area contributed by atoms with E-state index < -0.39 is 5.60 Å². The number of aromatic nitrogens is 1. The molecule has 6 atom stereocenters. The molecule has 0 amide bonds. The topological polar surface area (TPSA) is 59.5 Å². The fourth-order valence-corrected chi connectivity index (χ4v) is 5.68. The van der Waals surface area contributed by atoms with Gasteiger partial charge in [0.2, 0.25) is 0 Å². The smallest absolute Gasteiger partial charge is 0.0804 e. The van der Waals surface area contributed by atoms with Crippen LogP contribution in [-0.2, 0) is 6.42 Å². The summed E-state index contributed by atoms with van der Waals surface area (Å²) in [6.07, 6.45) is 2.70. The van der Waals surface area contributed by atoms with Gasteiger partial charge in [0, 0.05) is 41.7 Å². The van der Waals surface area contributed by atoms with E-state index in [0.717, 1.165) is 25.8 Å². The van der Waals surface area contributed by atoms with Gasteiger partial charge in [-0.25, -0.2) is 0 Å². The van der Waals surface area contributed by atoms with Crippen molar-refractivity contribution in [2.45, 2.75) is 43.9 Å². The number of nitrogens with zero attached hydrogens (tertiary/aromatic N) is 1. The number of H-pyrrole nitrogens is 1. The number of hydrogen-bond donors (Lipinski definition) is 3. The minimum atomic E-state index is -0.635. The molecule has 6 rings (SSSR count). The lowest BCUT2D eigenvalue weighted by Crippen LogP contribution is -2.69. The molecule has 3 N–H and O–H groups in total. The molecule has 122 valence electrons. The largest absolute Gasteiger partial charge is 0.396 e. The molecule has 5 heterocycles. The average Bonchev–Trinajstić information content (AvgIpc) is 2.94. The highest BCUT2D eigenvalue weighted by Gasteiger charge is 2.59. The standard InChI is InChI=1S/C19H24N2O2/c1-2-19(23)10-21-16-7-12-11-5-3-4-6-15(11)20-18(12)17(21)8-14(19)13(16)9-22/h3-6,13-14,16-17,20,22-23H,2,7-10H2,1H3/t13-,14+,16?,17-,19+/m0/s1. The summed E-state index contributed by atoms with van der Waals surface area (Å²) in [4.78, 5) is 6.12. The first-order valence-corrected chi connectivity index (χ1v) is 8.84. The number of fused-ring (bicyclic) bond motifs is 4. The number of nitrogens with one attached hydrogen (secondary N) is 1. The zero-order chi connectivity index (χ0) is 15.8. The van der Waals surface area contributed by atoms with E-state index in [9.17, 15) is 10.2 Å². The van der Waals surface area contributed by atoms with Crippen molar-refractivity contribution in [3.8, 4) is 0 Å².